The second-order valence-corrected chi connectivity index (χ2v) is 12.1. The van der Waals surface area contributed by atoms with E-state index < -0.39 is 35.0 Å². The summed E-state index contributed by atoms with van der Waals surface area (Å²) >= 11 is 0. The molecule has 0 bridgehead atoms. The Morgan fingerprint density at radius 2 is 0.786 bits per heavy atom. The van der Waals surface area contributed by atoms with Crippen LogP contribution in [0, 0.1) is 11.8 Å². The van der Waals surface area contributed by atoms with Crippen LogP contribution in [0.25, 0.3) is 0 Å². The van der Waals surface area contributed by atoms with Crippen molar-refractivity contribution in [2.24, 2.45) is 11.8 Å². The molecule has 0 radical (unpaired) electrons. The van der Waals surface area contributed by atoms with Gasteiger partial charge in [-0.3, -0.25) is 0 Å². The molecule has 0 saturated heterocycles. The van der Waals surface area contributed by atoms with Crippen LogP contribution < -0.4 is 0 Å². The normalized spacial score (nSPS) is 11.2. The van der Waals surface area contributed by atoms with Crippen LogP contribution in [0.4, 0.5) is 0 Å². The van der Waals surface area contributed by atoms with Gasteiger partial charge >= 0.3 is 23.9 Å². The maximum Gasteiger partial charge on any atom is 0.339 e. The molecule has 1 aromatic carbocycles. The third-order valence-corrected chi connectivity index (χ3v) is 7.38. The molecule has 0 aliphatic rings. The Morgan fingerprint density at radius 1 is 0.500 bits per heavy atom. The lowest BCUT2D eigenvalue weighted by Crippen LogP contribution is -2.19. The van der Waals surface area contributed by atoms with E-state index in [1.54, 1.807) is 0 Å². The van der Waals surface area contributed by atoms with E-state index in [-0.39, 0.29) is 24.3 Å². The smallest absolute Gasteiger partial charge is 0.339 e. The molecule has 2 N–H and O–H groups in total. The van der Waals surface area contributed by atoms with Gasteiger partial charge in [-0.1, -0.05) is 118 Å². The van der Waals surface area contributed by atoms with Crippen molar-refractivity contribution in [1.82, 2.24) is 0 Å². The summed E-state index contributed by atoms with van der Waals surface area (Å²) in [5, 5.41) is 19.2. The summed E-state index contributed by atoms with van der Waals surface area (Å²) in [6, 6.07) is 1.81. The van der Waals surface area contributed by atoms with Gasteiger partial charge in [0.15, 0.2) is 0 Å². The van der Waals surface area contributed by atoms with E-state index in [1.165, 1.54) is 51.4 Å². The molecule has 0 unspecified atom stereocenters. The molecule has 0 heterocycles. The minimum absolute atomic E-state index is 0.115. The first kappa shape index (κ1) is 37.1. The molecule has 0 aromatic heterocycles. The summed E-state index contributed by atoms with van der Waals surface area (Å²) in [7, 11) is 0. The number of carboxylic acid groups (broad SMARTS) is 2. The number of aromatic carboxylic acids is 2. The molecule has 0 aliphatic carbocycles. The Morgan fingerprint density at radius 3 is 1.10 bits per heavy atom. The molecule has 0 spiro atoms. The van der Waals surface area contributed by atoms with Crippen LogP contribution in [-0.4, -0.2) is 47.3 Å². The van der Waals surface area contributed by atoms with Crippen molar-refractivity contribution in [2.75, 3.05) is 13.2 Å². The number of carboxylic acids is 2. The Kier molecular flexibility index (Phi) is 19.2. The highest BCUT2D eigenvalue weighted by molar-refractivity contribution is 6.09. The highest BCUT2D eigenvalue weighted by Gasteiger charge is 2.27. The lowest BCUT2D eigenvalue weighted by molar-refractivity contribution is 0.0479. The largest absolute Gasteiger partial charge is 0.478 e. The second kappa shape index (κ2) is 21.8. The number of carbonyl (C=O) groups is 4. The van der Waals surface area contributed by atoms with Crippen LogP contribution in [0.15, 0.2) is 12.1 Å². The monoisotopic (exact) mass is 590 g/mol. The third kappa shape index (κ3) is 15.9. The number of rotatable bonds is 24. The van der Waals surface area contributed by atoms with Gasteiger partial charge in [0.2, 0.25) is 0 Å². The number of benzene rings is 1. The molecule has 0 atom stereocenters. The quantitative estimate of drug-likeness (QED) is 0.0902. The summed E-state index contributed by atoms with van der Waals surface area (Å²) in [4.78, 5) is 49.1. The predicted octanol–water partition coefficient (Wildman–Crippen LogP) is 8.95. The van der Waals surface area contributed by atoms with E-state index in [0.29, 0.717) is 12.8 Å². The maximum absolute atomic E-state index is 12.8. The van der Waals surface area contributed by atoms with Crippen molar-refractivity contribution in [1.29, 1.82) is 0 Å². The second-order valence-electron chi connectivity index (χ2n) is 12.1. The van der Waals surface area contributed by atoms with Gasteiger partial charge in [-0.05, 0) is 36.8 Å². The van der Waals surface area contributed by atoms with E-state index in [0.717, 1.165) is 62.5 Å². The number of hydrogen-bond acceptors (Lipinski definition) is 6. The summed E-state index contributed by atoms with van der Waals surface area (Å²) in [6.07, 6.45) is 17.2. The first-order valence-corrected chi connectivity index (χ1v) is 16.0. The Hall–Kier alpha value is -2.90. The Balaban J connectivity index is 2.59. The van der Waals surface area contributed by atoms with Crippen LogP contribution >= 0.6 is 0 Å². The molecule has 1 aromatic rings. The van der Waals surface area contributed by atoms with Crippen LogP contribution in [0.3, 0.4) is 0 Å². The van der Waals surface area contributed by atoms with Gasteiger partial charge in [-0.15, -0.1) is 0 Å². The van der Waals surface area contributed by atoms with Crippen molar-refractivity contribution in [2.45, 2.75) is 130 Å². The van der Waals surface area contributed by atoms with Crippen LogP contribution in [0.1, 0.15) is 172 Å². The van der Waals surface area contributed by atoms with Gasteiger partial charge in [0.1, 0.15) is 0 Å². The molecule has 0 amide bonds. The summed E-state index contributed by atoms with van der Waals surface area (Å²) in [5.74, 6) is -3.30. The minimum Gasteiger partial charge on any atom is -0.478 e. The molecule has 42 heavy (non-hydrogen) atoms. The van der Waals surface area contributed by atoms with Gasteiger partial charge in [0.25, 0.3) is 0 Å². The van der Waals surface area contributed by atoms with Gasteiger partial charge in [0, 0.05) is 0 Å². The molecule has 238 valence electrons. The van der Waals surface area contributed by atoms with Crippen molar-refractivity contribution in [3.8, 4) is 0 Å². The highest BCUT2D eigenvalue weighted by Crippen LogP contribution is 2.21. The van der Waals surface area contributed by atoms with E-state index in [9.17, 15) is 29.4 Å². The minimum atomic E-state index is -1.48. The first-order chi connectivity index (χ1) is 20.0. The van der Waals surface area contributed by atoms with Crippen LogP contribution in [0.2, 0.25) is 0 Å². The van der Waals surface area contributed by atoms with E-state index >= 15 is 0 Å². The molecular formula is C34H54O8. The van der Waals surface area contributed by atoms with Crippen molar-refractivity contribution in [3.05, 3.63) is 34.4 Å². The fourth-order valence-electron chi connectivity index (χ4n) is 4.85. The van der Waals surface area contributed by atoms with Gasteiger partial charge in [-0.2, -0.15) is 0 Å². The molecule has 8 nitrogen and oxygen atoms in total. The van der Waals surface area contributed by atoms with E-state index in [2.05, 4.69) is 27.7 Å². The molecular weight excluding hydrogens is 536 g/mol. The van der Waals surface area contributed by atoms with Crippen molar-refractivity contribution >= 4 is 23.9 Å². The lowest BCUT2D eigenvalue weighted by Gasteiger charge is -2.12. The predicted molar refractivity (Wildman–Crippen MR) is 164 cm³/mol. The van der Waals surface area contributed by atoms with Gasteiger partial charge in [0.05, 0.1) is 35.5 Å². The fourth-order valence-corrected chi connectivity index (χ4v) is 4.85. The van der Waals surface area contributed by atoms with Crippen LogP contribution in [0.5, 0.6) is 0 Å². The summed E-state index contributed by atoms with van der Waals surface area (Å²) in [5.41, 5.74) is -1.77. The Bertz CT molecular complexity index is 893. The zero-order valence-corrected chi connectivity index (χ0v) is 26.4. The van der Waals surface area contributed by atoms with Crippen molar-refractivity contribution < 1.29 is 38.9 Å². The number of carbonyl (C=O) groups excluding carboxylic acids is 2. The lowest BCUT2D eigenvalue weighted by atomic mass is 9.98. The first-order valence-electron chi connectivity index (χ1n) is 16.0. The average molecular weight is 591 g/mol. The van der Waals surface area contributed by atoms with E-state index in [4.69, 9.17) is 9.47 Å². The fraction of sp³-hybridized carbons (Fsp3) is 0.706. The molecule has 0 aliphatic heterocycles. The summed E-state index contributed by atoms with van der Waals surface area (Å²) in [6.45, 7) is 9.15. The Labute approximate surface area is 252 Å². The zero-order valence-electron chi connectivity index (χ0n) is 26.4. The standard InChI is InChI=1S/C34H54O8/c1-25(2)19-15-11-7-5-9-13-17-21-41-33(39)29-24-30(28(32(37)38)23-27(29)31(35)36)34(40)42-22-18-14-10-6-8-12-16-20-26(3)4/h23-26H,5-22H2,1-4H3,(H,35,36)(H,37,38). The topological polar surface area (TPSA) is 127 Å². The number of esters is 2. The number of hydrogen-bond donors (Lipinski definition) is 2. The molecule has 1 rings (SSSR count). The maximum atomic E-state index is 12.8. The molecule has 0 saturated carbocycles. The molecule has 0 fully saturated rings. The third-order valence-electron chi connectivity index (χ3n) is 7.38. The molecule has 8 heteroatoms. The number of unbranched alkanes of at least 4 members (excludes halogenated alkanes) is 12. The zero-order chi connectivity index (χ0) is 31.3. The summed E-state index contributed by atoms with van der Waals surface area (Å²) < 4.78 is 10.6. The SMILES string of the molecule is CC(C)CCCCCCCCCOC(=O)c1cc(C(=O)OCCCCCCCCCC(C)C)c(C(=O)O)cc1C(=O)O. The van der Waals surface area contributed by atoms with Crippen molar-refractivity contribution in [3.63, 3.8) is 0 Å². The van der Waals surface area contributed by atoms with Gasteiger partial charge in [-0.25, -0.2) is 19.2 Å². The van der Waals surface area contributed by atoms with E-state index in [1.807, 2.05) is 0 Å². The average Bonchev–Trinajstić information content (AvgIpc) is 2.93. The van der Waals surface area contributed by atoms with Gasteiger partial charge < -0.3 is 19.7 Å². The number of ether oxygens (including phenoxy) is 2. The highest BCUT2D eigenvalue weighted by atomic mass is 16.5. The van der Waals surface area contributed by atoms with Crippen LogP contribution in [-0.2, 0) is 9.47 Å².